The molecular weight excluding hydrogens is 174 g/mol. The van der Waals surface area contributed by atoms with Gasteiger partial charge >= 0.3 is 0 Å². The summed E-state index contributed by atoms with van der Waals surface area (Å²) in [6, 6.07) is 6.58. The van der Waals surface area contributed by atoms with Crippen LogP contribution in [0.5, 0.6) is 5.75 Å². The van der Waals surface area contributed by atoms with Gasteiger partial charge in [-0.2, -0.15) is 0 Å². The van der Waals surface area contributed by atoms with Gasteiger partial charge in [0, 0.05) is 6.04 Å². The molecule has 2 rings (SSSR count). The summed E-state index contributed by atoms with van der Waals surface area (Å²) in [5, 5.41) is 0. The van der Waals surface area contributed by atoms with Crippen molar-refractivity contribution >= 4 is 0 Å². The van der Waals surface area contributed by atoms with Crippen molar-refractivity contribution in [2.45, 2.75) is 38.8 Å². The molecule has 0 radical (unpaired) electrons. The van der Waals surface area contributed by atoms with Crippen LogP contribution in [0.25, 0.3) is 0 Å². The highest BCUT2D eigenvalue weighted by atomic mass is 16.5. The Hall–Kier alpha value is -1.02. The first-order valence-corrected chi connectivity index (χ1v) is 5.14. The van der Waals surface area contributed by atoms with Crippen LogP contribution < -0.4 is 10.5 Å². The maximum Gasteiger partial charge on any atom is 0.120 e. The van der Waals surface area contributed by atoms with E-state index in [-0.39, 0.29) is 0 Å². The molecule has 1 aliphatic rings. The van der Waals surface area contributed by atoms with E-state index < -0.39 is 0 Å². The zero-order valence-electron chi connectivity index (χ0n) is 8.79. The predicted octanol–water partition coefficient (Wildman–Crippen LogP) is 2.17. The third-order valence-electron chi connectivity index (χ3n) is 2.91. The van der Waals surface area contributed by atoms with Crippen molar-refractivity contribution in [2.24, 2.45) is 5.73 Å². The summed E-state index contributed by atoms with van der Waals surface area (Å²) in [6.45, 7) is 4.22. The van der Waals surface area contributed by atoms with E-state index >= 15 is 0 Å². The van der Waals surface area contributed by atoms with Gasteiger partial charge in [0.2, 0.25) is 0 Å². The number of ether oxygens (including phenoxy) is 1. The zero-order valence-corrected chi connectivity index (χ0v) is 8.79. The van der Waals surface area contributed by atoms with Gasteiger partial charge in [-0.1, -0.05) is 6.07 Å². The molecule has 1 fully saturated rings. The molecule has 0 spiro atoms. The third-order valence-corrected chi connectivity index (χ3v) is 2.91. The van der Waals surface area contributed by atoms with Gasteiger partial charge in [0.25, 0.3) is 0 Å². The van der Waals surface area contributed by atoms with E-state index in [0.717, 1.165) is 18.6 Å². The molecule has 0 bridgehead atoms. The Balaban J connectivity index is 2.00. The molecule has 0 saturated heterocycles. The second-order valence-corrected chi connectivity index (χ2v) is 4.22. The van der Waals surface area contributed by atoms with E-state index in [4.69, 9.17) is 10.5 Å². The summed E-state index contributed by atoms with van der Waals surface area (Å²) in [4.78, 5) is 0. The van der Waals surface area contributed by atoms with Gasteiger partial charge in [-0.25, -0.2) is 0 Å². The molecule has 0 amide bonds. The van der Waals surface area contributed by atoms with Crippen molar-refractivity contribution in [2.75, 3.05) is 0 Å². The van der Waals surface area contributed by atoms with Crippen LogP contribution in [-0.4, -0.2) is 12.1 Å². The molecule has 14 heavy (non-hydrogen) atoms. The van der Waals surface area contributed by atoms with E-state index in [1.165, 1.54) is 11.1 Å². The Kier molecular flexibility index (Phi) is 2.46. The average molecular weight is 191 g/mol. The second-order valence-electron chi connectivity index (χ2n) is 4.22. The first-order chi connectivity index (χ1) is 6.65. The van der Waals surface area contributed by atoms with Crippen LogP contribution in [0.3, 0.4) is 0 Å². The van der Waals surface area contributed by atoms with E-state index in [2.05, 4.69) is 26.0 Å². The number of aryl methyl sites for hydroxylation is 2. The molecule has 0 aliphatic heterocycles. The van der Waals surface area contributed by atoms with Crippen LogP contribution in [-0.2, 0) is 0 Å². The normalized spacial score (nSPS) is 25.6. The Bertz CT molecular complexity index is 329. The Morgan fingerprint density at radius 1 is 1.21 bits per heavy atom. The Morgan fingerprint density at radius 2 is 1.93 bits per heavy atom. The minimum atomic E-state index is 0.340. The lowest BCUT2D eigenvalue weighted by Crippen LogP contribution is -2.43. The molecule has 0 atom stereocenters. The largest absolute Gasteiger partial charge is 0.490 e. The van der Waals surface area contributed by atoms with E-state index in [9.17, 15) is 0 Å². The lowest BCUT2D eigenvalue weighted by Gasteiger charge is -2.32. The van der Waals surface area contributed by atoms with Crippen molar-refractivity contribution in [1.29, 1.82) is 0 Å². The van der Waals surface area contributed by atoms with Gasteiger partial charge in [-0.05, 0) is 49.9 Å². The molecule has 2 heteroatoms. The minimum Gasteiger partial charge on any atom is -0.490 e. The number of nitrogens with two attached hydrogens (primary N) is 1. The zero-order chi connectivity index (χ0) is 10.1. The molecule has 0 aromatic heterocycles. The highest BCUT2D eigenvalue weighted by molar-refractivity contribution is 5.34. The van der Waals surface area contributed by atoms with Gasteiger partial charge < -0.3 is 10.5 Å². The number of hydrogen-bond acceptors (Lipinski definition) is 2. The van der Waals surface area contributed by atoms with Crippen LogP contribution >= 0.6 is 0 Å². The number of hydrogen-bond donors (Lipinski definition) is 1. The summed E-state index contributed by atoms with van der Waals surface area (Å²) in [7, 11) is 0. The third kappa shape index (κ3) is 1.90. The second kappa shape index (κ2) is 3.62. The quantitative estimate of drug-likeness (QED) is 0.777. The molecule has 0 heterocycles. The Labute approximate surface area is 85.1 Å². The molecule has 1 aliphatic carbocycles. The highest BCUT2D eigenvalue weighted by Crippen LogP contribution is 2.25. The summed E-state index contributed by atoms with van der Waals surface area (Å²) >= 11 is 0. The van der Waals surface area contributed by atoms with Gasteiger partial charge in [0.15, 0.2) is 0 Å². The SMILES string of the molecule is Cc1ccc(O[C@H]2C[C@H](N)C2)cc1C. The molecule has 2 nitrogen and oxygen atoms in total. The molecule has 2 N–H and O–H groups in total. The standard InChI is InChI=1S/C12H17NO/c1-8-3-4-11(5-9(8)2)14-12-6-10(13)7-12/h3-5,10,12H,6-7,13H2,1-2H3/t10-,12-. The molecule has 0 unspecified atom stereocenters. The maximum atomic E-state index is 5.78. The lowest BCUT2D eigenvalue weighted by atomic mass is 9.90. The Morgan fingerprint density at radius 3 is 2.50 bits per heavy atom. The first-order valence-electron chi connectivity index (χ1n) is 5.14. The monoisotopic (exact) mass is 191 g/mol. The van der Waals surface area contributed by atoms with Gasteiger partial charge in [0.05, 0.1) is 0 Å². The van der Waals surface area contributed by atoms with Crippen molar-refractivity contribution in [3.8, 4) is 5.75 Å². The first kappa shape index (κ1) is 9.53. The fraction of sp³-hybridized carbons (Fsp3) is 0.500. The van der Waals surface area contributed by atoms with E-state index in [1.807, 2.05) is 6.07 Å². The van der Waals surface area contributed by atoms with Crippen molar-refractivity contribution in [3.63, 3.8) is 0 Å². The predicted molar refractivity (Wildman–Crippen MR) is 57.5 cm³/mol. The number of rotatable bonds is 2. The summed E-state index contributed by atoms with van der Waals surface area (Å²) in [5.74, 6) is 0.977. The fourth-order valence-corrected chi connectivity index (χ4v) is 1.68. The fourth-order valence-electron chi connectivity index (χ4n) is 1.68. The van der Waals surface area contributed by atoms with Gasteiger partial charge in [-0.15, -0.1) is 0 Å². The molecule has 1 saturated carbocycles. The lowest BCUT2D eigenvalue weighted by molar-refractivity contribution is 0.101. The van der Waals surface area contributed by atoms with Gasteiger partial charge in [-0.3, -0.25) is 0 Å². The summed E-state index contributed by atoms with van der Waals surface area (Å²) in [5.41, 5.74) is 8.29. The summed E-state index contributed by atoms with van der Waals surface area (Å²) < 4.78 is 5.78. The topological polar surface area (TPSA) is 35.2 Å². The smallest absolute Gasteiger partial charge is 0.120 e. The molecule has 1 aromatic carbocycles. The van der Waals surface area contributed by atoms with Crippen LogP contribution in [0.1, 0.15) is 24.0 Å². The average Bonchev–Trinajstić information content (AvgIpc) is 2.09. The molecule has 1 aromatic rings. The maximum absolute atomic E-state index is 5.78. The van der Waals surface area contributed by atoms with Crippen LogP contribution in [0.4, 0.5) is 0 Å². The van der Waals surface area contributed by atoms with Gasteiger partial charge in [0.1, 0.15) is 11.9 Å². The van der Waals surface area contributed by atoms with Crippen molar-refractivity contribution in [3.05, 3.63) is 29.3 Å². The van der Waals surface area contributed by atoms with Crippen molar-refractivity contribution in [1.82, 2.24) is 0 Å². The molecular formula is C12H17NO. The van der Waals surface area contributed by atoms with Crippen LogP contribution in [0, 0.1) is 13.8 Å². The van der Waals surface area contributed by atoms with E-state index in [1.54, 1.807) is 0 Å². The van der Waals surface area contributed by atoms with Crippen LogP contribution in [0.15, 0.2) is 18.2 Å². The van der Waals surface area contributed by atoms with E-state index in [0.29, 0.717) is 12.1 Å². The van der Waals surface area contributed by atoms with Crippen LogP contribution in [0.2, 0.25) is 0 Å². The molecule has 76 valence electrons. The summed E-state index contributed by atoms with van der Waals surface area (Å²) in [6.07, 6.45) is 2.33. The number of benzene rings is 1. The minimum absolute atomic E-state index is 0.340. The highest BCUT2D eigenvalue weighted by Gasteiger charge is 2.27. The van der Waals surface area contributed by atoms with Crippen molar-refractivity contribution < 1.29 is 4.74 Å².